The van der Waals surface area contributed by atoms with Crippen LogP contribution in [0.15, 0.2) is 0 Å². The predicted octanol–water partition coefficient (Wildman–Crippen LogP) is 0.873. The van der Waals surface area contributed by atoms with Crippen molar-refractivity contribution in [1.82, 2.24) is 4.90 Å². The number of amides is 1. The van der Waals surface area contributed by atoms with Gasteiger partial charge >= 0.3 is 0 Å². The van der Waals surface area contributed by atoms with Crippen LogP contribution in [0.2, 0.25) is 0 Å². The molecular formula is C9H19NO2. The number of aliphatic hydroxyl groups excluding tert-OH is 1. The van der Waals surface area contributed by atoms with Crippen LogP contribution >= 0.6 is 0 Å². The summed E-state index contributed by atoms with van der Waals surface area (Å²) in [5.41, 5.74) is 0. The molecule has 1 N–H and O–H groups in total. The van der Waals surface area contributed by atoms with E-state index in [1.165, 1.54) is 0 Å². The maximum Gasteiger partial charge on any atom is 0.222 e. The van der Waals surface area contributed by atoms with Gasteiger partial charge in [0.1, 0.15) is 0 Å². The van der Waals surface area contributed by atoms with E-state index < -0.39 is 0 Å². The average Bonchev–Trinajstić information content (AvgIpc) is 2.00. The summed E-state index contributed by atoms with van der Waals surface area (Å²) in [5, 5.41) is 8.57. The topological polar surface area (TPSA) is 40.5 Å². The Morgan fingerprint density at radius 1 is 1.50 bits per heavy atom. The Morgan fingerprint density at radius 2 is 2.08 bits per heavy atom. The van der Waals surface area contributed by atoms with Gasteiger partial charge in [0.15, 0.2) is 0 Å². The minimum Gasteiger partial charge on any atom is -0.395 e. The molecule has 0 aliphatic heterocycles. The van der Waals surface area contributed by atoms with Gasteiger partial charge in [-0.05, 0) is 12.3 Å². The van der Waals surface area contributed by atoms with Crippen molar-refractivity contribution in [2.75, 3.05) is 20.2 Å². The van der Waals surface area contributed by atoms with Crippen molar-refractivity contribution < 1.29 is 9.90 Å². The molecule has 0 saturated carbocycles. The Morgan fingerprint density at radius 3 is 2.50 bits per heavy atom. The fraction of sp³-hybridized carbons (Fsp3) is 0.889. The van der Waals surface area contributed by atoms with Gasteiger partial charge in [0, 0.05) is 20.0 Å². The van der Waals surface area contributed by atoms with Crippen molar-refractivity contribution in [3.63, 3.8) is 0 Å². The first-order valence-corrected chi connectivity index (χ1v) is 4.42. The Kier molecular flexibility index (Phi) is 5.72. The molecule has 3 heteroatoms. The second kappa shape index (κ2) is 6.00. The van der Waals surface area contributed by atoms with Gasteiger partial charge in [0.05, 0.1) is 6.61 Å². The molecule has 0 spiro atoms. The molecule has 0 aromatic heterocycles. The van der Waals surface area contributed by atoms with E-state index in [0.717, 1.165) is 6.42 Å². The van der Waals surface area contributed by atoms with Crippen LogP contribution < -0.4 is 0 Å². The first-order valence-electron chi connectivity index (χ1n) is 4.42. The summed E-state index contributed by atoms with van der Waals surface area (Å²) >= 11 is 0. The smallest absolute Gasteiger partial charge is 0.222 e. The number of carbonyl (C=O) groups is 1. The molecule has 12 heavy (non-hydrogen) atoms. The third-order valence-corrected chi connectivity index (χ3v) is 1.80. The quantitative estimate of drug-likeness (QED) is 0.670. The van der Waals surface area contributed by atoms with Crippen LogP contribution in [0.25, 0.3) is 0 Å². The number of likely N-dealkylation sites (N-methyl/N-ethyl adjacent to an activating group) is 1. The van der Waals surface area contributed by atoms with Gasteiger partial charge in [0.25, 0.3) is 0 Å². The van der Waals surface area contributed by atoms with E-state index in [-0.39, 0.29) is 12.5 Å². The molecule has 0 rings (SSSR count). The summed E-state index contributed by atoms with van der Waals surface area (Å²) < 4.78 is 0. The molecule has 0 bridgehead atoms. The molecule has 72 valence electrons. The molecule has 0 aliphatic rings. The summed E-state index contributed by atoms with van der Waals surface area (Å²) in [6.07, 6.45) is 1.52. The fourth-order valence-electron chi connectivity index (χ4n) is 0.878. The lowest BCUT2D eigenvalue weighted by atomic mass is 10.1. The molecule has 0 saturated heterocycles. The van der Waals surface area contributed by atoms with Crippen LogP contribution in [0, 0.1) is 5.92 Å². The molecule has 0 fully saturated rings. The molecule has 0 aliphatic carbocycles. The maximum atomic E-state index is 11.3. The Labute approximate surface area is 74.4 Å². The van der Waals surface area contributed by atoms with E-state index in [9.17, 15) is 4.79 Å². The molecule has 0 atom stereocenters. The summed E-state index contributed by atoms with van der Waals surface area (Å²) in [6, 6.07) is 0. The van der Waals surface area contributed by atoms with E-state index in [1.807, 2.05) is 0 Å². The van der Waals surface area contributed by atoms with Crippen molar-refractivity contribution in [1.29, 1.82) is 0 Å². The zero-order valence-electron chi connectivity index (χ0n) is 8.21. The predicted molar refractivity (Wildman–Crippen MR) is 48.8 cm³/mol. The first-order chi connectivity index (χ1) is 5.57. The number of nitrogens with zero attached hydrogens (tertiary/aromatic N) is 1. The van der Waals surface area contributed by atoms with Crippen molar-refractivity contribution in [3.05, 3.63) is 0 Å². The molecule has 1 amide bonds. The Balaban J connectivity index is 3.57. The highest BCUT2D eigenvalue weighted by Crippen LogP contribution is 2.04. The first kappa shape index (κ1) is 11.4. The molecule has 0 aromatic carbocycles. The van der Waals surface area contributed by atoms with Crippen molar-refractivity contribution >= 4 is 5.91 Å². The van der Waals surface area contributed by atoms with E-state index in [1.54, 1.807) is 11.9 Å². The lowest BCUT2D eigenvalue weighted by Crippen LogP contribution is -2.29. The molecule has 0 radical (unpaired) electrons. The highest BCUT2D eigenvalue weighted by Gasteiger charge is 2.07. The van der Waals surface area contributed by atoms with Crippen molar-refractivity contribution in [2.24, 2.45) is 5.92 Å². The summed E-state index contributed by atoms with van der Waals surface area (Å²) in [7, 11) is 1.72. The van der Waals surface area contributed by atoms with Gasteiger partial charge in [-0.2, -0.15) is 0 Å². The minimum absolute atomic E-state index is 0.0456. The molecule has 3 nitrogen and oxygen atoms in total. The Hall–Kier alpha value is -0.570. The lowest BCUT2D eigenvalue weighted by Gasteiger charge is -2.15. The monoisotopic (exact) mass is 173 g/mol. The average molecular weight is 173 g/mol. The van der Waals surface area contributed by atoms with Crippen molar-refractivity contribution in [2.45, 2.75) is 26.7 Å². The van der Waals surface area contributed by atoms with Gasteiger partial charge in [-0.15, -0.1) is 0 Å². The van der Waals surface area contributed by atoms with Gasteiger partial charge < -0.3 is 10.0 Å². The van der Waals surface area contributed by atoms with E-state index >= 15 is 0 Å². The van der Waals surface area contributed by atoms with Gasteiger partial charge in [-0.3, -0.25) is 4.79 Å². The van der Waals surface area contributed by atoms with E-state index in [4.69, 9.17) is 5.11 Å². The van der Waals surface area contributed by atoms with Gasteiger partial charge in [-0.25, -0.2) is 0 Å². The van der Waals surface area contributed by atoms with Crippen LogP contribution in [-0.4, -0.2) is 36.1 Å². The largest absolute Gasteiger partial charge is 0.395 e. The molecule has 0 heterocycles. The van der Waals surface area contributed by atoms with Crippen LogP contribution in [0.1, 0.15) is 26.7 Å². The zero-order valence-corrected chi connectivity index (χ0v) is 8.21. The normalized spacial score (nSPS) is 10.4. The second-order valence-electron chi connectivity index (χ2n) is 3.47. The van der Waals surface area contributed by atoms with Crippen LogP contribution in [0.4, 0.5) is 0 Å². The summed E-state index contributed by atoms with van der Waals surface area (Å²) in [6.45, 7) is 4.68. The highest BCUT2D eigenvalue weighted by molar-refractivity contribution is 5.75. The molecule has 0 aromatic rings. The fourth-order valence-corrected chi connectivity index (χ4v) is 0.878. The van der Waals surface area contributed by atoms with Gasteiger partial charge in [0.2, 0.25) is 5.91 Å². The van der Waals surface area contributed by atoms with Gasteiger partial charge in [-0.1, -0.05) is 13.8 Å². The SMILES string of the molecule is CC(C)CCC(=O)N(C)CCO. The van der Waals surface area contributed by atoms with E-state index in [0.29, 0.717) is 18.9 Å². The highest BCUT2D eigenvalue weighted by atomic mass is 16.3. The lowest BCUT2D eigenvalue weighted by molar-refractivity contribution is -0.130. The van der Waals surface area contributed by atoms with Crippen LogP contribution in [0.3, 0.4) is 0 Å². The van der Waals surface area contributed by atoms with Crippen molar-refractivity contribution in [3.8, 4) is 0 Å². The molecule has 0 unspecified atom stereocenters. The van der Waals surface area contributed by atoms with E-state index in [2.05, 4.69) is 13.8 Å². The summed E-state index contributed by atoms with van der Waals surface area (Å²) in [4.78, 5) is 12.8. The third kappa shape index (κ3) is 5.13. The third-order valence-electron chi connectivity index (χ3n) is 1.80. The second-order valence-corrected chi connectivity index (χ2v) is 3.47. The zero-order chi connectivity index (χ0) is 9.56. The van der Waals surface area contributed by atoms with Crippen LogP contribution in [-0.2, 0) is 4.79 Å². The minimum atomic E-state index is 0.0456. The number of carbonyl (C=O) groups excluding carboxylic acids is 1. The number of hydrogen-bond donors (Lipinski definition) is 1. The molecular weight excluding hydrogens is 154 g/mol. The Bertz CT molecular complexity index is 134. The maximum absolute atomic E-state index is 11.3. The standard InChI is InChI=1S/C9H19NO2/c1-8(2)4-5-9(12)10(3)6-7-11/h8,11H,4-7H2,1-3H3. The van der Waals surface area contributed by atoms with Crippen LogP contribution in [0.5, 0.6) is 0 Å². The number of hydrogen-bond acceptors (Lipinski definition) is 2. The number of aliphatic hydroxyl groups is 1. The summed E-state index contributed by atoms with van der Waals surface area (Å²) in [5.74, 6) is 0.689. The number of rotatable bonds is 5.